The Morgan fingerprint density at radius 3 is 3.18 bits per heavy atom. The van der Waals surface area contributed by atoms with Gasteiger partial charge in [-0.25, -0.2) is 4.99 Å². The van der Waals surface area contributed by atoms with Crippen molar-refractivity contribution in [1.29, 1.82) is 5.26 Å². The number of rotatable bonds is 0. The summed E-state index contributed by atoms with van der Waals surface area (Å²) in [6, 6.07) is 2.03. The molecule has 11 heavy (non-hydrogen) atoms. The SMILES string of the molecule is N#CC1=CC2=CC=CCC2=N1. The quantitative estimate of drug-likeness (QED) is 0.507. The summed E-state index contributed by atoms with van der Waals surface area (Å²) in [5, 5.41) is 8.54. The van der Waals surface area contributed by atoms with Crippen molar-refractivity contribution in [2.24, 2.45) is 4.99 Å². The molecule has 0 radical (unpaired) electrons. The minimum absolute atomic E-state index is 0.523. The lowest BCUT2D eigenvalue weighted by Crippen LogP contribution is -1.97. The molecule has 0 aromatic rings. The highest BCUT2D eigenvalue weighted by Crippen LogP contribution is 2.20. The van der Waals surface area contributed by atoms with Crippen LogP contribution < -0.4 is 0 Å². The summed E-state index contributed by atoms with van der Waals surface area (Å²) in [7, 11) is 0. The van der Waals surface area contributed by atoms with Gasteiger partial charge in [-0.15, -0.1) is 0 Å². The first-order valence-corrected chi connectivity index (χ1v) is 3.47. The van der Waals surface area contributed by atoms with Gasteiger partial charge in [-0.2, -0.15) is 5.26 Å². The molecule has 1 aliphatic heterocycles. The molecule has 1 aliphatic carbocycles. The maximum Gasteiger partial charge on any atom is 0.141 e. The number of hydrogen-bond acceptors (Lipinski definition) is 2. The Morgan fingerprint density at radius 2 is 2.45 bits per heavy atom. The topological polar surface area (TPSA) is 36.1 Å². The van der Waals surface area contributed by atoms with Crippen LogP contribution in [0.15, 0.2) is 40.6 Å². The van der Waals surface area contributed by atoms with Gasteiger partial charge in [0.25, 0.3) is 0 Å². The monoisotopic (exact) mass is 142 g/mol. The predicted octanol–water partition coefficient (Wildman–Crippen LogP) is 1.73. The zero-order valence-corrected chi connectivity index (χ0v) is 5.91. The highest BCUT2D eigenvalue weighted by atomic mass is 14.8. The average molecular weight is 142 g/mol. The minimum Gasteiger partial charge on any atom is -0.241 e. The molecule has 0 atom stereocenters. The smallest absolute Gasteiger partial charge is 0.141 e. The van der Waals surface area contributed by atoms with E-state index in [9.17, 15) is 0 Å². The summed E-state index contributed by atoms with van der Waals surface area (Å²) in [5.74, 6) is 0. The molecular formula is C9H6N2. The number of fused-ring (bicyclic) bond motifs is 1. The predicted molar refractivity (Wildman–Crippen MR) is 43.0 cm³/mol. The van der Waals surface area contributed by atoms with Crippen LogP contribution in [0.25, 0.3) is 0 Å². The van der Waals surface area contributed by atoms with E-state index >= 15 is 0 Å². The standard InChI is InChI=1S/C9H6N2/c10-6-8-5-7-3-1-2-4-9(7)11-8/h1-3,5H,4H2. The molecule has 0 N–H and O–H groups in total. The summed E-state index contributed by atoms with van der Waals surface area (Å²) in [6.07, 6.45) is 8.68. The second-order valence-corrected chi connectivity index (χ2v) is 2.45. The van der Waals surface area contributed by atoms with E-state index in [0.717, 1.165) is 17.7 Å². The molecular weight excluding hydrogens is 136 g/mol. The molecule has 0 bridgehead atoms. The molecule has 0 saturated heterocycles. The van der Waals surface area contributed by atoms with Crippen molar-refractivity contribution in [2.75, 3.05) is 0 Å². The lowest BCUT2D eigenvalue weighted by Gasteiger charge is -2.00. The van der Waals surface area contributed by atoms with Gasteiger partial charge in [0, 0.05) is 6.42 Å². The molecule has 0 aromatic heterocycles. The van der Waals surface area contributed by atoms with Crippen LogP contribution in [0.5, 0.6) is 0 Å². The fourth-order valence-electron chi connectivity index (χ4n) is 1.19. The highest BCUT2D eigenvalue weighted by Gasteiger charge is 2.13. The molecule has 2 rings (SSSR count). The third-order valence-electron chi connectivity index (χ3n) is 1.72. The molecule has 2 aliphatic rings. The normalized spacial score (nSPS) is 19.7. The highest BCUT2D eigenvalue weighted by molar-refractivity contribution is 6.07. The van der Waals surface area contributed by atoms with Crippen LogP contribution in [0.1, 0.15) is 6.42 Å². The van der Waals surface area contributed by atoms with Crippen LogP contribution in [-0.2, 0) is 0 Å². The van der Waals surface area contributed by atoms with E-state index < -0.39 is 0 Å². The summed E-state index contributed by atoms with van der Waals surface area (Å²) in [6.45, 7) is 0. The van der Waals surface area contributed by atoms with E-state index in [-0.39, 0.29) is 0 Å². The fraction of sp³-hybridized carbons (Fsp3) is 0.111. The number of allylic oxidation sites excluding steroid dienone is 6. The van der Waals surface area contributed by atoms with Crippen LogP contribution in [0.4, 0.5) is 0 Å². The molecule has 0 amide bonds. The molecule has 2 nitrogen and oxygen atoms in total. The second-order valence-electron chi connectivity index (χ2n) is 2.45. The van der Waals surface area contributed by atoms with E-state index in [0.29, 0.717) is 5.70 Å². The van der Waals surface area contributed by atoms with Crippen molar-refractivity contribution >= 4 is 5.71 Å². The summed E-state index contributed by atoms with van der Waals surface area (Å²) in [5.41, 5.74) is 2.63. The lowest BCUT2D eigenvalue weighted by atomic mass is 10.0. The third-order valence-corrected chi connectivity index (χ3v) is 1.72. The third kappa shape index (κ3) is 0.908. The Hall–Kier alpha value is -1.62. The van der Waals surface area contributed by atoms with Crippen molar-refractivity contribution in [3.05, 3.63) is 35.6 Å². The Labute approximate surface area is 64.9 Å². The van der Waals surface area contributed by atoms with Crippen LogP contribution in [-0.4, -0.2) is 5.71 Å². The zero-order chi connectivity index (χ0) is 7.68. The van der Waals surface area contributed by atoms with Gasteiger partial charge >= 0.3 is 0 Å². The first kappa shape index (κ1) is 6.11. The van der Waals surface area contributed by atoms with Gasteiger partial charge in [0.15, 0.2) is 0 Å². The van der Waals surface area contributed by atoms with Crippen LogP contribution in [0.3, 0.4) is 0 Å². The number of nitriles is 1. The molecule has 0 aromatic carbocycles. The second kappa shape index (κ2) is 2.21. The molecule has 52 valence electrons. The number of hydrogen-bond donors (Lipinski definition) is 0. The van der Waals surface area contributed by atoms with Crippen LogP contribution in [0.2, 0.25) is 0 Å². The summed E-state index contributed by atoms with van der Waals surface area (Å²) in [4.78, 5) is 4.13. The summed E-state index contributed by atoms with van der Waals surface area (Å²) < 4.78 is 0. The Morgan fingerprint density at radius 1 is 1.55 bits per heavy atom. The average Bonchev–Trinajstić information content (AvgIpc) is 2.46. The van der Waals surface area contributed by atoms with E-state index in [1.807, 2.05) is 30.4 Å². The van der Waals surface area contributed by atoms with E-state index in [4.69, 9.17) is 5.26 Å². The molecule has 0 fully saturated rings. The molecule has 0 saturated carbocycles. The zero-order valence-electron chi connectivity index (χ0n) is 5.91. The Kier molecular flexibility index (Phi) is 1.23. The Balaban J connectivity index is 2.44. The van der Waals surface area contributed by atoms with Gasteiger partial charge in [-0.3, -0.25) is 0 Å². The number of aliphatic imine (C=N–C) groups is 1. The van der Waals surface area contributed by atoms with Crippen molar-refractivity contribution in [3.8, 4) is 6.07 Å². The van der Waals surface area contributed by atoms with Gasteiger partial charge < -0.3 is 0 Å². The van der Waals surface area contributed by atoms with Crippen LogP contribution in [0, 0.1) is 11.3 Å². The largest absolute Gasteiger partial charge is 0.241 e. The van der Waals surface area contributed by atoms with Crippen LogP contribution >= 0.6 is 0 Å². The van der Waals surface area contributed by atoms with Gasteiger partial charge in [-0.1, -0.05) is 18.2 Å². The summed E-state index contributed by atoms with van der Waals surface area (Å²) >= 11 is 0. The van der Waals surface area contributed by atoms with Crippen molar-refractivity contribution in [3.63, 3.8) is 0 Å². The van der Waals surface area contributed by atoms with E-state index in [1.54, 1.807) is 0 Å². The lowest BCUT2D eigenvalue weighted by molar-refractivity contribution is 1.37. The maximum atomic E-state index is 8.54. The van der Waals surface area contributed by atoms with E-state index in [1.165, 1.54) is 0 Å². The van der Waals surface area contributed by atoms with Crippen molar-refractivity contribution in [2.45, 2.75) is 6.42 Å². The fourth-order valence-corrected chi connectivity index (χ4v) is 1.19. The molecule has 0 unspecified atom stereocenters. The van der Waals surface area contributed by atoms with Gasteiger partial charge in [0.1, 0.15) is 11.8 Å². The van der Waals surface area contributed by atoms with Crippen molar-refractivity contribution < 1.29 is 0 Å². The van der Waals surface area contributed by atoms with Gasteiger partial charge in [-0.05, 0) is 11.6 Å². The maximum absolute atomic E-state index is 8.54. The minimum atomic E-state index is 0.523. The molecule has 2 heteroatoms. The molecule has 0 spiro atoms. The van der Waals surface area contributed by atoms with Crippen molar-refractivity contribution in [1.82, 2.24) is 0 Å². The first-order chi connectivity index (χ1) is 5.40. The van der Waals surface area contributed by atoms with Gasteiger partial charge in [0.2, 0.25) is 0 Å². The number of nitrogens with zero attached hydrogens (tertiary/aromatic N) is 2. The molecule has 1 heterocycles. The Bertz CT molecular complexity index is 348. The van der Waals surface area contributed by atoms with E-state index in [2.05, 4.69) is 4.99 Å². The van der Waals surface area contributed by atoms with Gasteiger partial charge in [0.05, 0.1) is 5.71 Å². The first-order valence-electron chi connectivity index (χ1n) is 3.47.